The number of rotatable bonds is 6. The van der Waals surface area contributed by atoms with Crippen molar-refractivity contribution >= 4 is 33.1 Å². The first kappa shape index (κ1) is 23.6. The molecule has 184 valence electrons. The fourth-order valence-corrected chi connectivity index (χ4v) is 6.78. The average molecular weight is 503 g/mol. The molecule has 6 rings (SSSR count). The van der Waals surface area contributed by atoms with Crippen LogP contribution >= 0.6 is 11.3 Å². The van der Waals surface area contributed by atoms with Crippen molar-refractivity contribution in [3.63, 3.8) is 0 Å². The minimum absolute atomic E-state index is 0.00676. The summed E-state index contributed by atoms with van der Waals surface area (Å²) >= 11 is 1.50. The fraction of sp³-hybridized carbons (Fsp3) is 0.212. The van der Waals surface area contributed by atoms with E-state index < -0.39 is 5.41 Å². The zero-order chi connectivity index (χ0) is 25.1. The topological polar surface area (TPSA) is 42.0 Å². The lowest BCUT2D eigenvalue weighted by Crippen LogP contribution is -2.43. The summed E-state index contributed by atoms with van der Waals surface area (Å²) in [5.41, 5.74) is 3.86. The quantitative estimate of drug-likeness (QED) is 0.252. The van der Waals surface area contributed by atoms with Gasteiger partial charge in [-0.1, -0.05) is 122 Å². The van der Waals surface area contributed by atoms with E-state index in [0.29, 0.717) is 5.13 Å². The van der Waals surface area contributed by atoms with Gasteiger partial charge in [0.05, 0.1) is 11.1 Å². The highest BCUT2D eigenvalue weighted by molar-refractivity contribution is 7.14. The Kier molecular flexibility index (Phi) is 6.58. The molecule has 5 aromatic rings. The Labute approximate surface area is 222 Å². The summed E-state index contributed by atoms with van der Waals surface area (Å²) in [5.74, 6) is 0.0800. The number of benzene rings is 4. The molecule has 0 bridgehead atoms. The summed E-state index contributed by atoms with van der Waals surface area (Å²) in [5, 5.41) is 8.36. The molecule has 0 atom stereocenters. The maximum atomic E-state index is 14.3. The number of thiazole rings is 1. The Balaban J connectivity index is 1.37. The molecule has 37 heavy (non-hydrogen) atoms. The van der Waals surface area contributed by atoms with Crippen LogP contribution in [0.4, 0.5) is 5.13 Å². The van der Waals surface area contributed by atoms with E-state index in [9.17, 15) is 4.79 Å². The molecule has 1 amide bonds. The van der Waals surface area contributed by atoms with Gasteiger partial charge in [-0.25, -0.2) is 4.98 Å². The number of anilines is 1. The highest BCUT2D eigenvalue weighted by atomic mass is 32.1. The summed E-state index contributed by atoms with van der Waals surface area (Å²) in [6, 6.07) is 35.7. The Morgan fingerprint density at radius 3 is 2.08 bits per heavy atom. The number of hydrogen-bond donors (Lipinski definition) is 1. The van der Waals surface area contributed by atoms with E-state index in [1.165, 1.54) is 39.7 Å². The second-order valence-electron chi connectivity index (χ2n) is 9.99. The van der Waals surface area contributed by atoms with Crippen LogP contribution in [0.15, 0.2) is 109 Å². The number of hydrogen-bond acceptors (Lipinski definition) is 3. The minimum atomic E-state index is -0.522. The minimum Gasteiger partial charge on any atom is -0.301 e. The fourth-order valence-electron chi connectivity index (χ4n) is 6.08. The highest BCUT2D eigenvalue weighted by Gasteiger charge is 2.47. The predicted octanol–water partition coefficient (Wildman–Crippen LogP) is 8.68. The van der Waals surface area contributed by atoms with Gasteiger partial charge < -0.3 is 5.32 Å². The van der Waals surface area contributed by atoms with Gasteiger partial charge in [-0.2, -0.15) is 0 Å². The third-order valence-electron chi connectivity index (χ3n) is 7.81. The molecule has 4 heteroatoms. The van der Waals surface area contributed by atoms with Crippen LogP contribution in [0.25, 0.3) is 22.0 Å². The van der Waals surface area contributed by atoms with Crippen molar-refractivity contribution in [3.05, 3.63) is 120 Å². The Bertz CT molecular complexity index is 1460. The van der Waals surface area contributed by atoms with E-state index in [4.69, 9.17) is 4.98 Å². The smallest absolute Gasteiger partial charge is 0.233 e. The van der Waals surface area contributed by atoms with Crippen LogP contribution in [-0.2, 0) is 4.79 Å². The normalized spacial score (nSPS) is 15.1. The Morgan fingerprint density at radius 1 is 0.757 bits per heavy atom. The van der Waals surface area contributed by atoms with Crippen molar-refractivity contribution in [2.45, 2.75) is 38.0 Å². The molecule has 0 saturated heterocycles. The van der Waals surface area contributed by atoms with Gasteiger partial charge >= 0.3 is 0 Å². The molecule has 1 aromatic heterocycles. The van der Waals surface area contributed by atoms with Gasteiger partial charge in [-0.15, -0.1) is 11.3 Å². The van der Waals surface area contributed by atoms with Crippen LogP contribution in [0.2, 0.25) is 0 Å². The van der Waals surface area contributed by atoms with Gasteiger partial charge in [0, 0.05) is 16.9 Å². The summed E-state index contributed by atoms with van der Waals surface area (Å²) < 4.78 is 0. The van der Waals surface area contributed by atoms with Crippen LogP contribution < -0.4 is 5.32 Å². The molecule has 0 spiro atoms. The molecule has 1 fully saturated rings. The van der Waals surface area contributed by atoms with E-state index in [1.807, 2.05) is 12.1 Å². The van der Waals surface area contributed by atoms with Gasteiger partial charge in [-0.3, -0.25) is 4.79 Å². The van der Waals surface area contributed by atoms with E-state index in [1.54, 1.807) is 0 Å². The molecule has 1 N–H and O–H groups in total. The molecule has 0 aliphatic heterocycles. The molecule has 1 aliphatic carbocycles. The molecule has 1 heterocycles. The Hall–Kier alpha value is -3.76. The third-order valence-corrected chi connectivity index (χ3v) is 8.56. The molecule has 1 saturated carbocycles. The molecular weight excluding hydrogens is 472 g/mol. The molecule has 0 unspecified atom stereocenters. The summed E-state index contributed by atoms with van der Waals surface area (Å²) in [4.78, 5) is 19.2. The number of carbonyl (C=O) groups excluding carboxylic acids is 1. The molecule has 1 aliphatic rings. The number of nitrogens with one attached hydrogen (secondary N) is 1. The number of aromatic nitrogens is 1. The van der Waals surface area contributed by atoms with Crippen molar-refractivity contribution in [2.75, 3.05) is 5.32 Å². The lowest BCUT2D eigenvalue weighted by Gasteiger charge is -2.42. The zero-order valence-corrected chi connectivity index (χ0v) is 21.6. The first-order chi connectivity index (χ1) is 18.2. The van der Waals surface area contributed by atoms with Crippen LogP contribution in [0.5, 0.6) is 0 Å². The Morgan fingerprint density at radius 2 is 1.38 bits per heavy atom. The van der Waals surface area contributed by atoms with Crippen molar-refractivity contribution in [1.29, 1.82) is 0 Å². The number of amides is 1. The van der Waals surface area contributed by atoms with E-state index in [0.717, 1.165) is 36.9 Å². The van der Waals surface area contributed by atoms with Crippen molar-refractivity contribution in [1.82, 2.24) is 4.98 Å². The number of fused-ring (bicyclic) bond motifs is 1. The van der Waals surface area contributed by atoms with Crippen LogP contribution in [0, 0.1) is 5.41 Å². The van der Waals surface area contributed by atoms with E-state index in [2.05, 4.69) is 102 Å². The van der Waals surface area contributed by atoms with E-state index in [-0.39, 0.29) is 11.8 Å². The molecular formula is C33H30N2OS. The number of carbonyl (C=O) groups is 1. The first-order valence-corrected chi connectivity index (χ1v) is 14.0. The van der Waals surface area contributed by atoms with Gasteiger partial charge in [0.2, 0.25) is 5.91 Å². The van der Waals surface area contributed by atoms with Crippen LogP contribution in [0.3, 0.4) is 0 Å². The van der Waals surface area contributed by atoms with Crippen molar-refractivity contribution in [3.8, 4) is 11.3 Å². The lowest BCUT2D eigenvalue weighted by molar-refractivity contribution is -0.128. The monoisotopic (exact) mass is 502 g/mol. The summed E-state index contributed by atoms with van der Waals surface area (Å²) in [6.45, 7) is 0. The SMILES string of the molecule is O=C(Nc1nc(-c2cccc3ccccc23)cs1)C1(C(c2ccccc2)c2ccccc2)CCCCC1. The van der Waals surface area contributed by atoms with Gasteiger partial charge in [0.25, 0.3) is 0 Å². The highest BCUT2D eigenvalue weighted by Crippen LogP contribution is 2.51. The van der Waals surface area contributed by atoms with Crippen LogP contribution in [-0.4, -0.2) is 10.9 Å². The van der Waals surface area contributed by atoms with Crippen LogP contribution in [0.1, 0.15) is 49.1 Å². The van der Waals surface area contributed by atoms with Gasteiger partial charge in [0.1, 0.15) is 0 Å². The van der Waals surface area contributed by atoms with Crippen molar-refractivity contribution in [2.24, 2.45) is 5.41 Å². The molecule has 3 nitrogen and oxygen atoms in total. The summed E-state index contributed by atoms with van der Waals surface area (Å²) in [7, 11) is 0. The average Bonchev–Trinajstić information content (AvgIpc) is 3.43. The third kappa shape index (κ3) is 4.58. The summed E-state index contributed by atoms with van der Waals surface area (Å²) in [6.07, 6.45) is 5.03. The largest absolute Gasteiger partial charge is 0.301 e. The second kappa shape index (κ2) is 10.3. The first-order valence-electron chi connectivity index (χ1n) is 13.1. The molecule has 0 radical (unpaired) electrons. The second-order valence-corrected chi connectivity index (χ2v) is 10.8. The maximum Gasteiger partial charge on any atom is 0.233 e. The predicted molar refractivity (Wildman–Crippen MR) is 154 cm³/mol. The maximum absolute atomic E-state index is 14.3. The van der Waals surface area contributed by atoms with Gasteiger partial charge in [0.15, 0.2) is 5.13 Å². The van der Waals surface area contributed by atoms with E-state index >= 15 is 0 Å². The standard InChI is InChI=1S/C33H30N2OS/c36-31(35-32-34-29(23-37-32)28-20-12-18-24-13-8-9-19-27(24)28)33(21-10-3-11-22-33)30(25-14-4-1-5-15-25)26-16-6-2-7-17-26/h1-2,4-9,12-20,23,30H,3,10-11,21-22H2,(H,34,35,36). The zero-order valence-electron chi connectivity index (χ0n) is 20.8. The number of nitrogens with zero attached hydrogens (tertiary/aromatic N) is 1. The molecule has 4 aromatic carbocycles. The lowest BCUT2D eigenvalue weighted by atomic mass is 9.61. The van der Waals surface area contributed by atoms with Crippen molar-refractivity contribution < 1.29 is 4.79 Å². The van der Waals surface area contributed by atoms with Gasteiger partial charge in [-0.05, 0) is 34.7 Å².